The maximum Gasteiger partial charge on any atom is 0.0237 e. The molecule has 0 radical (unpaired) electrons. The minimum atomic E-state index is 0.679. The Morgan fingerprint density at radius 3 is 2.70 bits per heavy atom. The number of aryl methyl sites for hydroxylation is 1. The normalized spacial score (nSPS) is 23.9. The Bertz CT molecular complexity index is 402. The fraction of sp³-hybridized carbons (Fsp3) is 0.667. The van der Waals surface area contributed by atoms with E-state index in [2.05, 4.69) is 55.3 Å². The van der Waals surface area contributed by atoms with E-state index < -0.39 is 0 Å². The van der Waals surface area contributed by atoms with Crippen LogP contribution in [0.15, 0.2) is 24.3 Å². The molecule has 0 amide bonds. The van der Waals surface area contributed by atoms with E-state index in [0.717, 1.165) is 13.1 Å². The summed E-state index contributed by atoms with van der Waals surface area (Å²) in [5, 5.41) is 3.74. The van der Waals surface area contributed by atoms with Gasteiger partial charge >= 0.3 is 0 Å². The number of benzene rings is 1. The molecule has 2 atom stereocenters. The van der Waals surface area contributed by atoms with Crippen LogP contribution in [-0.2, 0) is 6.54 Å². The van der Waals surface area contributed by atoms with E-state index in [1.807, 2.05) is 0 Å². The fourth-order valence-corrected chi connectivity index (χ4v) is 3.33. The van der Waals surface area contributed by atoms with E-state index in [4.69, 9.17) is 0 Å². The number of rotatable bonds is 6. The Balaban J connectivity index is 2.02. The first-order valence-electron chi connectivity index (χ1n) is 8.26. The molecule has 1 N–H and O–H groups in total. The first-order chi connectivity index (χ1) is 9.72. The van der Waals surface area contributed by atoms with Gasteiger partial charge in [0.15, 0.2) is 0 Å². The van der Waals surface area contributed by atoms with Gasteiger partial charge in [0.25, 0.3) is 0 Å². The van der Waals surface area contributed by atoms with Crippen LogP contribution in [0, 0.1) is 6.92 Å². The monoisotopic (exact) mass is 274 g/mol. The van der Waals surface area contributed by atoms with Crippen molar-refractivity contribution in [1.29, 1.82) is 0 Å². The van der Waals surface area contributed by atoms with Gasteiger partial charge in [0.1, 0.15) is 0 Å². The summed E-state index contributed by atoms with van der Waals surface area (Å²) in [5.74, 6) is 0. The lowest BCUT2D eigenvalue weighted by molar-refractivity contribution is 0.112. The molecule has 2 unspecified atom stereocenters. The zero-order chi connectivity index (χ0) is 14.4. The third-order valence-electron chi connectivity index (χ3n) is 4.34. The zero-order valence-electron chi connectivity index (χ0n) is 13.4. The molecule has 20 heavy (non-hydrogen) atoms. The molecular weight excluding hydrogens is 244 g/mol. The van der Waals surface area contributed by atoms with Crippen LogP contribution in [0.5, 0.6) is 0 Å². The van der Waals surface area contributed by atoms with Gasteiger partial charge in [-0.05, 0) is 25.3 Å². The second-order valence-electron chi connectivity index (χ2n) is 6.25. The van der Waals surface area contributed by atoms with Gasteiger partial charge in [0.05, 0.1) is 0 Å². The Morgan fingerprint density at radius 1 is 1.20 bits per heavy atom. The van der Waals surface area contributed by atoms with Gasteiger partial charge in [-0.2, -0.15) is 0 Å². The quantitative estimate of drug-likeness (QED) is 0.850. The molecule has 2 heteroatoms. The molecular formula is C18H30N2. The second kappa shape index (κ2) is 7.80. The van der Waals surface area contributed by atoms with Crippen LogP contribution >= 0.6 is 0 Å². The lowest BCUT2D eigenvalue weighted by atomic mass is 10.0. The molecule has 1 fully saturated rings. The predicted molar refractivity (Wildman–Crippen MR) is 87.0 cm³/mol. The van der Waals surface area contributed by atoms with Gasteiger partial charge in [0, 0.05) is 31.7 Å². The highest BCUT2D eigenvalue weighted by Crippen LogP contribution is 2.18. The van der Waals surface area contributed by atoms with Crippen molar-refractivity contribution in [1.82, 2.24) is 10.2 Å². The largest absolute Gasteiger partial charge is 0.311 e. The van der Waals surface area contributed by atoms with Crippen molar-refractivity contribution < 1.29 is 0 Å². The lowest BCUT2D eigenvalue weighted by Gasteiger charge is -2.40. The fourth-order valence-electron chi connectivity index (χ4n) is 3.33. The van der Waals surface area contributed by atoms with Crippen molar-refractivity contribution >= 4 is 0 Å². The van der Waals surface area contributed by atoms with Gasteiger partial charge in [-0.15, -0.1) is 0 Å². The summed E-state index contributed by atoms with van der Waals surface area (Å²) in [5.41, 5.74) is 2.83. The van der Waals surface area contributed by atoms with E-state index in [1.165, 1.54) is 43.4 Å². The minimum absolute atomic E-state index is 0.679. The van der Waals surface area contributed by atoms with Crippen molar-refractivity contribution in [2.45, 2.75) is 65.1 Å². The lowest BCUT2D eigenvalue weighted by Crippen LogP contribution is -2.55. The van der Waals surface area contributed by atoms with Crippen molar-refractivity contribution in [2.75, 3.05) is 13.1 Å². The van der Waals surface area contributed by atoms with Gasteiger partial charge < -0.3 is 5.32 Å². The average Bonchev–Trinajstić information content (AvgIpc) is 2.42. The van der Waals surface area contributed by atoms with Gasteiger partial charge in [-0.1, -0.05) is 56.5 Å². The molecule has 1 aliphatic heterocycles. The van der Waals surface area contributed by atoms with Gasteiger partial charge in [0.2, 0.25) is 0 Å². The number of nitrogens with zero attached hydrogens (tertiary/aromatic N) is 1. The first-order valence-corrected chi connectivity index (χ1v) is 8.26. The summed E-state index contributed by atoms with van der Waals surface area (Å²) in [6, 6.07) is 10.4. The van der Waals surface area contributed by atoms with Crippen LogP contribution in [0.4, 0.5) is 0 Å². The van der Waals surface area contributed by atoms with Crippen molar-refractivity contribution in [3.63, 3.8) is 0 Å². The molecule has 2 rings (SSSR count). The van der Waals surface area contributed by atoms with Crippen LogP contribution in [0.1, 0.15) is 50.7 Å². The van der Waals surface area contributed by atoms with E-state index in [9.17, 15) is 0 Å². The standard InChI is InChI=1S/C18H30N2/c1-4-7-17-14-20(18(8-5-2)12-19-17)13-16-10-6-9-15(3)11-16/h6,9-11,17-19H,4-5,7-8,12-14H2,1-3H3. The van der Waals surface area contributed by atoms with Crippen molar-refractivity contribution in [3.05, 3.63) is 35.4 Å². The maximum atomic E-state index is 3.74. The molecule has 1 aromatic rings. The average molecular weight is 274 g/mol. The summed E-state index contributed by atoms with van der Waals surface area (Å²) in [6.45, 7) is 10.2. The molecule has 2 nitrogen and oxygen atoms in total. The molecule has 0 spiro atoms. The van der Waals surface area contributed by atoms with Crippen LogP contribution in [0.2, 0.25) is 0 Å². The van der Waals surface area contributed by atoms with Crippen molar-refractivity contribution in [2.24, 2.45) is 0 Å². The van der Waals surface area contributed by atoms with Crippen molar-refractivity contribution in [3.8, 4) is 0 Å². The second-order valence-corrected chi connectivity index (χ2v) is 6.25. The summed E-state index contributed by atoms with van der Waals surface area (Å²) in [4.78, 5) is 2.70. The molecule has 0 saturated carbocycles. The van der Waals surface area contributed by atoms with Crippen LogP contribution in [0.25, 0.3) is 0 Å². The Kier molecular flexibility index (Phi) is 6.06. The minimum Gasteiger partial charge on any atom is -0.311 e. The smallest absolute Gasteiger partial charge is 0.0237 e. The van der Waals surface area contributed by atoms with E-state index in [0.29, 0.717) is 12.1 Å². The number of piperazine rings is 1. The number of hydrogen-bond acceptors (Lipinski definition) is 2. The Morgan fingerprint density at radius 2 is 2.00 bits per heavy atom. The van der Waals surface area contributed by atoms with Gasteiger partial charge in [-0.25, -0.2) is 0 Å². The van der Waals surface area contributed by atoms with Gasteiger partial charge in [-0.3, -0.25) is 4.90 Å². The first kappa shape index (κ1) is 15.5. The summed E-state index contributed by atoms with van der Waals surface area (Å²) < 4.78 is 0. The highest BCUT2D eigenvalue weighted by atomic mass is 15.2. The summed E-state index contributed by atoms with van der Waals surface area (Å²) >= 11 is 0. The number of hydrogen-bond donors (Lipinski definition) is 1. The topological polar surface area (TPSA) is 15.3 Å². The van der Waals surface area contributed by atoms with E-state index in [-0.39, 0.29) is 0 Å². The molecule has 1 aromatic carbocycles. The van der Waals surface area contributed by atoms with Crippen LogP contribution in [0.3, 0.4) is 0 Å². The highest BCUT2D eigenvalue weighted by molar-refractivity contribution is 5.22. The summed E-state index contributed by atoms with van der Waals surface area (Å²) in [6.07, 6.45) is 5.14. The van der Waals surface area contributed by atoms with Crippen LogP contribution < -0.4 is 5.32 Å². The predicted octanol–water partition coefficient (Wildman–Crippen LogP) is 3.74. The third kappa shape index (κ3) is 4.32. The molecule has 1 heterocycles. The van der Waals surface area contributed by atoms with E-state index >= 15 is 0 Å². The third-order valence-corrected chi connectivity index (χ3v) is 4.34. The molecule has 112 valence electrons. The maximum absolute atomic E-state index is 3.74. The van der Waals surface area contributed by atoms with Crippen LogP contribution in [-0.4, -0.2) is 30.1 Å². The SMILES string of the molecule is CCCC1CN(Cc2cccc(C)c2)C(CCC)CN1. The number of nitrogens with one attached hydrogen (secondary N) is 1. The molecule has 0 bridgehead atoms. The molecule has 0 aromatic heterocycles. The Hall–Kier alpha value is -0.860. The summed E-state index contributed by atoms with van der Waals surface area (Å²) in [7, 11) is 0. The van der Waals surface area contributed by atoms with E-state index in [1.54, 1.807) is 0 Å². The molecule has 1 aliphatic rings. The zero-order valence-corrected chi connectivity index (χ0v) is 13.4. The molecule has 1 saturated heterocycles. The molecule has 0 aliphatic carbocycles. The Labute approximate surface area is 124 Å². The highest BCUT2D eigenvalue weighted by Gasteiger charge is 2.26.